The predicted octanol–water partition coefficient (Wildman–Crippen LogP) is 1.71. The van der Waals surface area contributed by atoms with Crippen molar-refractivity contribution in [2.75, 3.05) is 6.61 Å². The monoisotopic (exact) mass is 238 g/mol. The number of nitrogens with one attached hydrogen (secondary N) is 1. The molecule has 0 aromatic carbocycles. The number of ether oxygens (including phenoxy) is 1. The normalized spacial score (nSPS) is 29.5. The number of nitrogens with zero attached hydrogens (tertiary/aromatic N) is 2. The summed E-state index contributed by atoms with van der Waals surface area (Å²) in [6, 6.07) is 0. The number of aromatic amines is 1. The standard InChI is InChI=1S/C12H22N4O/c1-3-17-12(6-4-5-9(2)7-12)11-14-10(8-13)15-16-11/h9H,3-8,13H2,1-2H3,(H,14,15,16). The predicted molar refractivity (Wildman–Crippen MR) is 65.2 cm³/mol. The third kappa shape index (κ3) is 2.50. The highest BCUT2D eigenvalue weighted by Gasteiger charge is 2.40. The second-order valence-electron chi connectivity index (χ2n) is 4.94. The molecule has 17 heavy (non-hydrogen) atoms. The van der Waals surface area contributed by atoms with Gasteiger partial charge in [-0.25, -0.2) is 4.98 Å². The van der Waals surface area contributed by atoms with Gasteiger partial charge in [-0.05, 0) is 32.1 Å². The Kier molecular flexibility index (Phi) is 3.79. The second-order valence-corrected chi connectivity index (χ2v) is 4.94. The van der Waals surface area contributed by atoms with E-state index in [1.807, 2.05) is 6.92 Å². The smallest absolute Gasteiger partial charge is 0.182 e. The summed E-state index contributed by atoms with van der Waals surface area (Å²) in [6.45, 7) is 5.38. The minimum Gasteiger partial charge on any atom is -0.367 e. The van der Waals surface area contributed by atoms with E-state index in [1.54, 1.807) is 0 Å². The SMILES string of the molecule is CCOC1(c2n[nH]c(CN)n2)CCCC(C)C1. The largest absolute Gasteiger partial charge is 0.367 e. The molecule has 0 bridgehead atoms. The van der Waals surface area contributed by atoms with Gasteiger partial charge in [0.1, 0.15) is 11.4 Å². The highest BCUT2D eigenvalue weighted by atomic mass is 16.5. The Bertz CT molecular complexity index is 361. The van der Waals surface area contributed by atoms with Crippen molar-refractivity contribution in [3.05, 3.63) is 11.6 Å². The summed E-state index contributed by atoms with van der Waals surface area (Å²) < 4.78 is 6.00. The summed E-state index contributed by atoms with van der Waals surface area (Å²) in [5.41, 5.74) is 5.27. The first-order valence-electron chi connectivity index (χ1n) is 6.46. The minimum absolute atomic E-state index is 0.295. The van der Waals surface area contributed by atoms with Gasteiger partial charge in [-0.3, -0.25) is 5.10 Å². The fourth-order valence-electron chi connectivity index (χ4n) is 2.77. The molecule has 96 valence electrons. The molecule has 5 nitrogen and oxygen atoms in total. The first-order valence-corrected chi connectivity index (χ1v) is 6.46. The molecule has 1 aliphatic rings. The maximum atomic E-state index is 6.00. The molecule has 1 fully saturated rings. The van der Waals surface area contributed by atoms with Crippen LogP contribution in [0.4, 0.5) is 0 Å². The molecule has 1 saturated carbocycles. The van der Waals surface area contributed by atoms with Gasteiger partial charge in [0.15, 0.2) is 5.82 Å². The molecule has 2 atom stereocenters. The van der Waals surface area contributed by atoms with Crippen LogP contribution in [0.1, 0.15) is 51.2 Å². The summed E-state index contributed by atoms with van der Waals surface area (Å²) in [5.74, 6) is 2.18. The van der Waals surface area contributed by atoms with Crippen LogP contribution in [-0.4, -0.2) is 21.8 Å². The first-order chi connectivity index (χ1) is 8.20. The van der Waals surface area contributed by atoms with E-state index in [-0.39, 0.29) is 5.60 Å². The van der Waals surface area contributed by atoms with E-state index in [0.717, 1.165) is 24.5 Å². The second kappa shape index (κ2) is 5.14. The third-order valence-electron chi connectivity index (χ3n) is 3.51. The molecule has 1 aliphatic carbocycles. The van der Waals surface area contributed by atoms with E-state index in [9.17, 15) is 0 Å². The van der Waals surface area contributed by atoms with Gasteiger partial charge in [0.05, 0.1) is 6.54 Å². The van der Waals surface area contributed by atoms with Gasteiger partial charge in [0.25, 0.3) is 0 Å². The number of H-pyrrole nitrogens is 1. The molecule has 3 N–H and O–H groups in total. The summed E-state index contributed by atoms with van der Waals surface area (Å²) in [6.07, 6.45) is 4.45. The van der Waals surface area contributed by atoms with Crippen LogP contribution in [0.25, 0.3) is 0 Å². The van der Waals surface area contributed by atoms with Crippen LogP contribution < -0.4 is 5.73 Å². The van der Waals surface area contributed by atoms with Crippen molar-refractivity contribution < 1.29 is 4.74 Å². The Morgan fingerprint density at radius 2 is 2.41 bits per heavy atom. The van der Waals surface area contributed by atoms with Crippen LogP contribution in [0, 0.1) is 5.92 Å². The van der Waals surface area contributed by atoms with Crippen molar-refractivity contribution in [1.82, 2.24) is 15.2 Å². The average Bonchev–Trinajstić information content (AvgIpc) is 2.78. The Hall–Kier alpha value is -0.940. The van der Waals surface area contributed by atoms with Crippen molar-refractivity contribution in [1.29, 1.82) is 0 Å². The van der Waals surface area contributed by atoms with Crippen LogP contribution in [0.15, 0.2) is 0 Å². The quantitative estimate of drug-likeness (QED) is 0.837. The van der Waals surface area contributed by atoms with E-state index in [2.05, 4.69) is 22.1 Å². The lowest BCUT2D eigenvalue weighted by molar-refractivity contribution is -0.0879. The number of rotatable bonds is 4. The van der Waals surface area contributed by atoms with Crippen molar-refractivity contribution >= 4 is 0 Å². The lowest BCUT2D eigenvalue weighted by Gasteiger charge is -2.37. The van der Waals surface area contributed by atoms with Crippen molar-refractivity contribution in [2.24, 2.45) is 11.7 Å². The molecule has 0 amide bonds. The maximum Gasteiger partial charge on any atom is 0.182 e. The Morgan fingerprint density at radius 3 is 3.00 bits per heavy atom. The molecular weight excluding hydrogens is 216 g/mol. The van der Waals surface area contributed by atoms with Gasteiger partial charge in [-0.1, -0.05) is 13.3 Å². The third-order valence-corrected chi connectivity index (χ3v) is 3.51. The van der Waals surface area contributed by atoms with Gasteiger partial charge in [-0.2, -0.15) is 5.10 Å². The topological polar surface area (TPSA) is 76.8 Å². The molecule has 0 radical (unpaired) electrons. The number of hydrogen-bond acceptors (Lipinski definition) is 4. The molecule has 1 aromatic rings. The van der Waals surface area contributed by atoms with Crippen LogP contribution in [0.3, 0.4) is 0 Å². The molecule has 5 heteroatoms. The van der Waals surface area contributed by atoms with E-state index >= 15 is 0 Å². The van der Waals surface area contributed by atoms with Crippen LogP contribution >= 0.6 is 0 Å². The zero-order valence-electron chi connectivity index (χ0n) is 10.7. The maximum absolute atomic E-state index is 6.00. The molecule has 1 aromatic heterocycles. The number of nitrogens with two attached hydrogens (primary N) is 1. The lowest BCUT2D eigenvalue weighted by atomic mass is 9.78. The van der Waals surface area contributed by atoms with Crippen molar-refractivity contribution in [3.8, 4) is 0 Å². The van der Waals surface area contributed by atoms with E-state index < -0.39 is 0 Å². The number of aromatic nitrogens is 3. The fraction of sp³-hybridized carbons (Fsp3) is 0.833. The molecule has 2 unspecified atom stereocenters. The van der Waals surface area contributed by atoms with Gasteiger partial charge in [0, 0.05) is 6.61 Å². The summed E-state index contributed by atoms with van der Waals surface area (Å²) >= 11 is 0. The van der Waals surface area contributed by atoms with Crippen LogP contribution in [-0.2, 0) is 16.9 Å². The highest BCUT2D eigenvalue weighted by molar-refractivity contribution is 5.05. The zero-order chi connectivity index (χ0) is 12.3. The zero-order valence-corrected chi connectivity index (χ0v) is 10.7. The summed E-state index contributed by atoms with van der Waals surface area (Å²) in [5, 5.41) is 7.18. The van der Waals surface area contributed by atoms with Crippen LogP contribution in [0.5, 0.6) is 0 Å². The van der Waals surface area contributed by atoms with Gasteiger partial charge >= 0.3 is 0 Å². The van der Waals surface area contributed by atoms with E-state index in [4.69, 9.17) is 10.5 Å². The van der Waals surface area contributed by atoms with Gasteiger partial charge in [0.2, 0.25) is 0 Å². The minimum atomic E-state index is -0.295. The Morgan fingerprint density at radius 1 is 1.59 bits per heavy atom. The Balaban J connectivity index is 2.26. The average molecular weight is 238 g/mol. The molecular formula is C12H22N4O. The summed E-state index contributed by atoms with van der Waals surface area (Å²) in [7, 11) is 0. The Labute approximate surface area is 102 Å². The first kappa shape index (κ1) is 12.5. The van der Waals surface area contributed by atoms with Gasteiger partial charge in [-0.15, -0.1) is 0 Å². The van der Waals surface area contributed by atoms with E-state index in [0.29, 0.717) is 19.1 Å². The molecule has 0 saturated heterocycles. The van der Waals surface area contributed by atoms with Crippen molar-refractivity contribution in [2.45, 2.75) is 51.7 Å². The lowest BCUT2D eigenvalue weighted by Crippen LogP contribution is -2.36. The van der Waals surface area contributed by atoms with E-state index in [1.165, 1.54) is 12.8 Å². The molecule has 0 spiro atoms. The van der Waals surface area contributed by atoms with Crippen molar-refractivity contribution in [3.63, 3.8) is 0 Å². The fourth-order valence-corrected chi connectivity index (χ4v) is 2.77. The van der Waals surface area contributed by atoms with Crippen LogP contribution in [0.2, 0.25) is 0 Å². The van der Waals surface area contributed by atoms with Gasteiger partial charge < -0.3 is 10.5 Å². The highest BCUT2D eigenvalue weighted by Crippen LogP contribution is 2.41. The molecule has 0 aliphatic heterocycles. The molecule has 1 heterocycles. The molecule has 2 rings (SSSR count). The number of hydrogen-bond donors (Lipinski definition) is 2. The summed E-state index contributed by atoms with van der Waals surface area (Å²) in [4.78, 5) is 4.46.